The summed E-state index contributed by atoms with van der Waals surface area (Å²) in [5.41, 5.74) is 3.26. The van der Waals surface area contributed by atoms with Crippen molar-refractivity contribution in [2.24, 2.45) is 0 Å². The lowest BCUT2D eigenvalue weighted by Gasteiger charge is -2.02. The average Bonchev–Trinajstić information content (AvgIpc) is 2.45. The van der Waals surface area contributed by atoms with E-state index in [0.29, 0.717) is 11.3 Å². The van der Waals surface area contributed by atoms with Crippen LogP contribution in [0.25, 0.3) is 6.08 Å². The SMILES string of the molecule is Cc1cccc(/C=C/C(=O)Nc2cccc(C#N)c2)c1. The van der Waals surface area contributed by atoms with Crippen molar-refractivity contribution in [2.75, 3.05) is 5.32 Å². The molecule has 0 aliphatic rings. The number of nitrogens with zero attached hydrogens (tertiary/aromatic N) is 1. The summed E-state index contributed by atoms with van der Waals surface area (Å²) in [6.07, 6.45) is 3.24. The van der Waals surface area contributed by atoms with Crippen molar-refractivity contribution >= 4 is 17.7 Å². The lowest BCUT2D eigenvalue weighted by Crippen LogP contribution is -2.07. The molecule has 0 aliphatic carbocycles. The van der Waals surface area contributed by atoms with Gasteiger partial charge in [-0.05, 0) is 36.8 Å². The minimum atomic E-state index is -0.221. The van der Waals surface area contributed by atoms with Crippen molar-refractivity contribution < 1.29 is 4.79 Å². The molecule has 3 nitrogen and oxygen atoms in total. The third-order valence-electron chi connectivity index (χ3n) is 2.73. The van der Waals surface area contributed by atoms with Crippen LogP contribution in [0.4, 0.5) is 5.69 Å². The van der Waals surface area contributed by atoms with Crippen LogP contribution in [0.1, 0.15) is 16.7 Å². The first-order chi connectivity index (χ1) is 9.67. The van der Waals surface area contributed by atoms with Crippen LogP contribution in [0, 0.1) is 18.3 Å². The molecule has 2 aromatic rings. The number of nitriles is 1. The number of amides is 1. The summed E-state index contributed by atoms with van der Waals surface area (Å²) in [5, 5.41) is 11.5. The normalized spacial score (nSPS) is 10.2. The Morgan fingerprint density at radius 1 is 1.20 bits per heavy atom. The van der Waals surface area contributed by atoms with Crippen LogP contribution in [-0.4, -0.2) is 5.91 Å². The molecule has 2 aromatic carbocycles. The number of aryl methyl sites for hydroxylation is 1. The topological polar surface area (TPSA) is 52.9 Å². The number of benzene rings is 2. The number of carbonyl (C=O) groups is 1. The van der Waals surface area contributed by atoms with Gasteiger partial charge in [0.05, 0.1) is 11.6 Å². The maximum Gasteiger partial charge on any atom is 0.248 e. The quantitative estimate of drug-likeness (QED) is 0.860. The minimum Gasteiger partial charge on any atom is -0.322 e. The van der Waals surface area contributed by atoms with Gasteiger partial charge in [-0.2, -0.15) is 5.26 Å². The summed E-state index contributed by atoms with van der Waals surface area (Å²) in [7, 11) is 0. The lowest BCUT2D eigenvalue weighted by atomic mass is 10.1. The number of rotatable bonds is 3. The first kappa shape index (κ1) is 13.6. The second-order valence-corrected chi connectivity index (χ2v) is 4.43. The van der Waals surface area contributed by atoms with Gasteiger partial charge in [0.15, 0.2) is 0 Å². The standard InChI is InChI=1S/C17H14N2O/c1-13-4-2-5-14(10-13)8-9-17(20)19-16-7-3-6-15(11-16)12-18/h2-11H,1H3,(H,19,20)/b9-8+. The van der Waals surface area contributed by atoms with Gasteiger partial charge in [0.1, 0.15) is 0 Å². The molecule has 0 aliphatic heterocycles. The molecule has 2 rings (SSSR count). The summed E-state index contributed by atoms with van der Waals surface area (Å²) in [6, 6.07) is 16.7. The zero-order valence-corrected chi connectivity index (χ0v) is 11.1. The van der Waals surface area contributed by atoms with Gasteiger partial charge in [-0.15, -0.1) is 0 Å². The first-order valence-electron chi connectivity index (χ1n) is 6.23. The monoisotopic (exact) mass is 262 g/mol. The van der Waals surface area contributed by atoms with Crippen molar-refractivity contribution in [2.45, 2.75) is 6.92 Å². The van der Waals surface area contributed by atoms with Crippen molar-refractivity contribution in [3.05, 3.63) is 71.3 Å². The van der Waals surface area contributed by atoms with E-state index in [1.807, 2.05) is 37.3 Å². The third-order valence-corrected chi connectivity index (χ3v) is 2.73. The van der Waals surface area contributed by atoms with Gasteiger partial charge in [-0.1, -0.05) is 35.9 Å². The molecule has 0 saturated carbocycles. The molecule has 0 atom stereocenters. The Balaban J connectivity index is 2.04. The van der Waals surface area contributed by atoms with E-state index in [-0.39, 0.29) is 5.91 Å². The smallest absolute Gasteiger partial charge is 0.248 e. The minimum absolute atomic E-state index is 0.221. The molecule has 0 bridgehead atoms. The summed E-state index contributed by atoms with van der Waals surface area (Å²) in [5.74, 6) is -0.221. The second kappa shape index (κ2) is 6.35. The van der Waals surface area contributed by atoms with Crippen molar-refractivity contribution in [1.29, 1.82) is 5.26 Å². The number of hydrogen-bond donors (Lipinski definition) is 1. The molecule has 20 heavy (non-hydrogen) atoms. The number of carbonyl (C=O) groups excluding carboxylic acids is 1. The Kier molecular flexibility index (Phi) is 4.31. The van der Waals surface area contributed by atoms with Crippen molar-refractivity contribution in [3.8, 4) is 6.07 Å². The highest BCUT2D eigenvalue weighted by Gasteiger charge is 1.99. The molecular formula is C17H14N2O. The highest BCUT2D eigenvalue weighted by Crippen LogP contribution is 2.10. The lowest BCUT2D eigenvalue weighted by molar-refractivity contribution is -0.111. The Morgan fingerprint density at radius 3 is 2.75 bits per heavy atom. The van der Waals surface area contributed by atoms with Crippen LogP contribution in [0.3, 0.4) is 0 Å². The molecule has 0 saturated heterocycles. The fourth-order valence-corrected chi connectivity index (χ4v) is 1.80. The van der Waals surface area contributed by atoms with Crippen LogP contribution in [0.15, 0.2) is 54.6 Å². The Morgan fingerprint density at radius 2 is 2.00 bits per heavy atom. The largest absolute Gasteiger partial charge is 0.322 e. The van der Waals surface area contributed by atoms with E-state index < -0.39 is 0 Å². The summed E-state index contributed by atoms with van der Waals surface area (Å²) < 4.78 is 0. The van der Waals surface area contributed by atoms with E-state index in [2.05, 4.69) is 5.32 Å². The summed E-state index contributed by atoms with van der Waals surface area (Å²) in [4.78, 5) is 11.8. The first-order valence-corrected chi connectivity index (χ1v) is 6.23. The maximum atomic E-state index is 11.8. The molecule has 0 aromatic heterocycles. The van der Waals surface area contributed by atoms with Gasteiger partial charge in [-0.3, -0.25) is 4.79 Å². The van der Waals surface area contributed by atoms with E-state index in [1.165, 1.54) is 6.08 Å². The Hall–Kier alpha value is -2.86. The van der Waals surface area contributed by atoms with Crippen LogP contribution in [-0.2, 0) is 4.79 Å². The number of anilines is 1. The van der Waals surface area contributed by atoms with Gasteiger partial charge >= 0.3 is 0 Å². The van der Waals surface area contributed by atoms with E-state index >= 15 is 0 Å². The van der Waals surface area contributed by atoms with Gasteiger partial charge in [0, 0.05) is 11.8 Å². The van der Waals surface area contributed by atoms with E-state index in [9.17, 15) is 4.79 Å². The number of hydrogen-bond acceptors (Lipinski definition) is 2. The molecule has 0 radical (unpaired) electrons. The average molecular weight is 262 g/mol. The molecule has 0 heterocycles. The molecule has 0 unspecified atom stereocenters. The van der Waals surface area contributed by atoms with Crippen LogP contribution >= 0.6 is 0 Å². The van der Waals surface area contributed by atoms with Crippen molar-refractivity contribution in [1.82, 2.24) is 0 Å². The van der Waals surface area contributed by atoms with E-state index in [4.69, 9.17) is 5.26 Å². The van der Waals surface area contributed by atoms with Gasteiger partial charge < -0.3 is 5.32 Å². The highest BCUT2D eigenvalue weighted by molar-refractivity contribution is 6.02. The second-order valence-electron chi connectivity index (χ2n) is 4.43. The molecule has 3 heteroatoms. The molecule has 1 amide bonds. The fraction of sp³-hybridized carbons (Fsp3) is 0.0588. The molecule has 0 spiro atoms. The molecule has 1 N–H and O–H groups in total. The van der Waals surface area contributed by atoms with Gasteiger partial charge in [-0.25, -0.2) is 0 Å². The number of nitrogens with one attached hydrogen (secondary N) is 1. The van der Waals surface area contributed by atoms with Gasteiger partial charge in [0.2, 0.25) is 5.91 Å². The maximum absolute atomic E-state index is 11.8. The molecule has 0 fully saturated rings. The van der Waals surface area contributed by atoms with Crippen molar-refractivity contribution in [3.63, 3.8) is 0 Å². The van der Waals surface area contributed by atoms with E-state index in [0.717, 1.165) is 11.1 Å². The predicted octanol–water partition coefficient (Wildman–Crippen LogP) is 3.52. The summed E-state index contributed by atoms with van der Waals surface area (Å²) in [6.45, 7) is 2.00. The third kappa shape index (κ3) is 3.82. The van der Waals surface area contributed by atoms with E-state index in [1.54, 1.807) is 30.3 Å². The fourth-order valence-electron chi connectivity index (χ4n) is 1.80. The molecular weight excluding hydrogens is 248 g/mol. The van der Waals surface area contributed by atoms with Crippen LogP contribution in [0.2, 0.25) is 0 Å². The highest BCUT2D eigenvalue weighted by atomic mass is 16.1. The summed E-state index contributed by atoms with van der Waals surface area (Å²) >= 11 is 0. The zero-order chi connectivity index (χ0) is 14.4. The van der Waals surface area contributed by atoms with Crippen LogP contribution < -0.4 is 5.32 Å². The van der Waals surface area contributed by atoms with Gasteiger partial charge in [0.25, 0.3) is 0 Å². The Labute approximate surface area is 118 Å². The molecule has 98 valence electrons. The Bertz CT molecular complexity index is 696. The van der Waals surface area contributed by atoms with Crippen LogP contribution in [0.5, 0.6) is 0 Å². The zero-order valence-electron chi connectivity index (χ0n) is 11.1. The predicted molar refractivity (Wildman–Crippen MR) is 80.0 cm³/mol.